The Morgan fingerprint density at radius 1 is 1.36 bits per heavy atom. The van der Waals surface area contributed by atoms with Crippen LogP contribution < -0.4 is 10.1 Å². The summed E-state index contributed by atoms with van der Waals surface area (Å²) in [7, 11) is 3.64. The topological polar surface area (TPSA) is 30.5 Å². The second-order valence-electron chi connectivity index (χ2n) is 3.46. The summed E-state index contributed by atoms with van der Waals surface area (Å²) in [5, 5.41) is 3.13. The van der Waals surface area contributed by atoms with Crippen LogP contribution in [-0.4, -0.2) is 14.2 Å². The molecule has 76 valence electrons. The molecule has 0 saturated heterocycles. The maximum Gasteiger partial charge on any atom is 0.123 e. The van der Waals surface area contributed by atoms with Gasteiger partial charge in [-0.25, -0.2) is 0 Å². The minimum absolute atomic E-state index is 0.714. The van der Waals surface area contributed by atoms with Gasteiger partial charge in [0.05, 0.1) is 20.3 Å². The molecule has 0 spiro atoms. The molecule has 0 atom stereocenters. The summed E-state index contributed by atoms with van der Waals surface area (Å²) in [6.45, 7) is 2.28. The predicted octanol–water partition coefficient (Wildman–Crippen LogP) is 1.44. The summed E-state index contributed by atoms with van der Waals surface area (Å²) < 4.78 is 10.7. The fourth-order valence-electron chi connectivity index (χ4n) is 1.78. The molecule has 3 nitrogen and oxygen atoms in total. The van der Waals surface area contributed by atoms with Crippen LogP contribution in [0.25, 0.3) is 0 Å². The number of benzene rings is 1. The van der Waals surface area contributed by atoms with Gasteiger partial charge >= 0.3 is 0 Å². The van der Waals surface area contributed by atoms with Crippen LogP contribution in [0.1, 0.15) is 16.7 Å². The first-order valence-electron chi connectivity index (χ1n) is 4.76. The smallest absolute Gasteiger partial charge is 0.123 e. The van der Waals surface area contributed by atoms with Crippen molar-refractivity contribution in [2.45, 2.75) is 19.8 Å². The number of nitrogens with one attached hydrogen (secondary N) is 1. The summed E-state index contributed by atoms with van der Waals surface area (Å²) in [4.78, 5) is 0. The van der Waals surface area contributed by atoms with E-state index in [0.717, 1.165) is 18.9 Å². The Bertz CT molecular complexity index is 336. The molecule has 0 bridgehead atoms. The van der Waals surface area contributed by atoms with E-state index < -0.39 is 0 Å². The van der Waals surface area contributed by atoms with Gasteiger partial charge in [0.15, 0.2) is 0 Å². The lowest BCUT2D eigenvalue weighted by atomic mass is 10.1. The van der Waals surface area contributed by atoms with Crippen molar-refractivity contribution in [2.24, 2.45) is 0 Å². The van der Waals surface area contributed by atoms with Gasteiger partial charge < -0.3 is 14.8 Å². The summed E-state index contributed by atoms with van der Waals surface area (Å²) in [5.74, 6) is 0.948. The second-order valence-corrected chi connectivity index (χ2v) is 3.46. The van der Waals surface area contributed by atoms with E-state index in [1.165, 1.54) is 16.7 Å². The molecule has 0 unspecified atom stereocenters. The predicted molar refractivity (Wildman–Crippen MR) is 54.3 cm³/mol. The van der Waals surface area contributed by atoms with Crippen LogP contribution in [0.5, 0.6) is 5.75 Å². The molecule has 0 aliphatic carbocycles. The van der Waals surface area contributed by atoms with Crippen molar-refractivity contribution in [1.82, 2.24) is 5.32 Å². The van der Waals surface area contributed by atoms with Crippen molar-refractivity contribution < 1.29 is 9.47 Å². The zero-order valence-electron chi connectivity index (χ0n) is 8.59. The number of ether oxygens (including phenoxy) is 2. The third-order valence-electron chi connectivity index (χ3n) is 2.49. The summed E-state index contributed by atoms with van der Waals surface area (Å²) >= 11 is 0. The van der Waals surface area contributed by atoms with Crippen LogP contribution in [0, 0.1) is 0 Å². The molecule has 1 aliphatic rings. The van der Waals surface area contributed by atoms with Gasteiger partial charge in [-0.3, -0.25) is 0 Å². The molecule has 1 N–H and O–H groups in total. The van der Waals surface area contributed by atoms with Crippen molar-refractivity contribution in [3.05, 3.63) is 28.8 Å². The van der Waals surface area contributed by atoms with Crippen LogP contribution in [0.4, 0.5) is 0 Å². The molecule has 1 aromatic carbocycles. The molecule has 1 heterocycles. The quantitative estimate of drug-likeness (QED) is 0.788. The van der Waals surface area contributed by atoms with E-state index in [-0.39, 0.29) is 0 Å². The largest absolute Gasteiger partial charge is 0.496 e. The van der Waals surface area contributed by atoms with E-state index in [4.69, 9.17) is 9.47 Å². The Morgan fingerprint density at radius 2 is 2.07 bits per heavy atom. The third-order valence-corrected chi connectivity index (χ3v) is 2.49. The first kappa shape index (κ1) is 9.49. The highest BCUT2D eigenvalue weighted by molar-refractivity contribution is 5.43. The van der Waals surface area contributed by atoms with Crippen molar-refractivity contribution >= 4 is 0 Å². The van der Waals surface area contributed by atoms with Crippen LogP contribution >= 0.6 is 0 Å². The molecular formula is C11H15NO2. The zero-order chi connectivity index (χ0) is 9.97. The van der Waals surface area contributed by atoms with Gasteiger partial charge in [-0.2, -0.15) is 0 Å². The zero-order valence-corrected chi connectivity index (χ0v) is 8.59. The first-order valence-corrected chi connectivity index (χ1v) is 4.76. The lowest BCUT2D eigenvalue weighted by Crippen LogP contribution is -2.07. The Labute approximate surface area is 84.0 Å². The molecule has 0 amide bonds. The molecule has 0 saturated carbocycles. The van der Waals surface area contributed by atoms with E-state index in [1.807, 2.05) is 7.05 Å². The number of rotatable bonds is 3. The van der Waals surface area contributed by atoms with Crippen molar-refractivity contribution in [1.29, 1.82) is 0 Å². The maximum atomic E-state index is 5.37. The highest BCUT2D eigenvalue weighted by Crippen LogP contribution is 2.28. The van der Waals surface area contributed by atoms with E-state index in [9.17, 15) is 0 Å². The van der Waals surface area contributed by atoms with Crippen molar-refractivity contribution in [3.63, 3.8) is 0 Å². The van der Waals surface area contributed by atoms with Crippen molar-refractivity contribution in [2.75, 3.05) is 14.2 Å². The van der Waals surface area contributed by atoms with Gasteiger partial charge in [0.25, 0.3) is 0 Å². The van der Waals surface area contributed by atoms with E-state index in [0.29, 0.717) is 6.61 Å². The van der Waals surface area contributed by atoms with Crippen LogP contribution in [0.15, 0.2) is 12.1 Å². The monoisotopic (exact) mass is 193 g/mol. The fraction of sp³-hybridized carbons (Fsp3) is 0.455. The maximum absolute atomic E-state index is 5.37. The van der Waals surface area contributed by atoms with E-state index >= 15 is 0 Å². The molecule has 3 heteroatoms. The van der Waals surface area contributed by atoms with Crippen LogP contribution in [0.2, 0.25) is 0 Å². The SMILES string of the molecule is CNCc1cc2c(cc1OC)COC2. The number of fused-ring (bicyclic) bond motifs is 1. The summed E-state index contributed by atoms with van der Waals surface area (Å²) in [6.07, 6.45) is 0. The molecule has 0 fully saturated rings. The standard InChI is InChI=1S/C11H15NO2/c1-12-5-8-3-9-6-14-7-10(9)4-11(8)13-2/h3-4,12H,5-7H2,1-2H3. The Hall–Kier alpha value is -1.06. The second kappa shape index (κ2) is 3.98. The molecule has 1 aromatic rings. The average Bonchev–Trinajstić information content (AvgIpc) is 2.64. The van der Waals surface area contributed by atoms with E-state index in [2.05, 4.69) is 17.4 Å². The number of hydrogen-bond acceptors (Lipinski definition) is 3. The minimum atomic E-state index is 0.714. The molecule has 1 aliphatic heterocycles. The minimum Gasteiger partial charge on any atom is -0.496 e. The molecule has 14 heavy (non-hydrogen) atoms. The number of hydrogen-bond donors (Lipinski definition) is 1. The summed E-state index contributed by atoms with van der Waals surface area (Å²) in [6, 6.07) is 4.24. The molecule has 2 rings (SSSR count). The highest BCUT2D eigenvalue weighted by Gasteiger charge is 2.14. The number of methoxy groups -OCH3 is 1. The van der Waals surface area contributed by atoms with Crippen LogP contribution in [0.3, 0.4) is 0 Å². The van der Waals surface area contributed by atoms with E-state index in [1.54, 1.807) is 7.11 Å². The lowest BCUT2D eigenvalue weighted by Gasteiger charge is -2.10. The third kappa shape index (κ3) is 1.61. The van der Waals surface area contributed by atoms with Crippen molar-refractivity contribution in [3.8, 4) is 5.75 Å². The summed E-state index contributed by atoms with van der Waals surface area (Å²) in [5.41, 5.74) is 3.73. The van der Waals surface area contributed by atoms with Gasteiger partial charge in [0.1, 0.15) is 5.75 Å². The fourth-order valence-corrected chi connectivity index (χ4v) is 1.78. The van der Waals surface area contributed by atoms with Crippen LogP contribution in [-0.2, 0) is 24.5 Å². The normalized spacial score (nSPS) is 14.1. The van der Waals surface area contributed by atoms with Gasteiger partial charge in [-0.05, 0) is 30.3 Å². The Morgan fingerprint density at radius 3 is 2.71 bits per heavy atom. The van der Waals surface area contributed by atoms with Gasteiger partial charge in [0, 0.05) is 12.1 Å². The van der Waals surface area contributed by atoms with Gasteiger partial charge in [-0.1, -0.05) is 0 Å². The Kier molecular flexibility index (Phi) is 2.70. The first-order chi connectivity index (χ1) is 6.85. The van der Waals surface area contributed by atoms with Gasteiger partial charge in [0.2, 0.25) is 0 Å². The highest BCUT2D eigenvalue weighted by atomic mass is 16.5. The Balaban J connectivity index is 2.38. The average molecular weight is 193 g/mol. The molecule has 0 aromatic heterocycles. The molecule has 0 radical (unpaired) electrons. The van der Waals surface area contributed by atoms with Gasteiger partial charge in [-0.15, -0.1) is 0 Å². The molecular weight excluding hydrogens is 178 g/mol. The lowest BCUT2D eigenvalue weighted by molar-refractivity contribution is 0.134.